The van der Waals surface area contributed by atoms with Gasteiger partial charge in [0.2, 0.25) is 0 Å². The highest BCUT2D eigenvalue weighted by molar-refractivity contribution is 7.09. The topological polar surface area (TPSA) is 51.2 Å². The number of aromatic nitrogens is 1. The SMILES string of the molecule is Cc1nc(C(C)NC(=O)OCCCl)cs1. The number of hydrogen-bond donors (Lipinski definition) is 1. The summed E-state index contributed by atoms with van der Waals surface area (Å²) < 4.78 is 4.78. The average molecular weight is 249 g/mol. The third kappa shape index (κ3) is 4.05. The second-order valence-corrected chi connectivity index (χ2v) is 4.42. The number of amides is 1. The molecule has 1 aromatic rings. The lowest BCUT2D eigenvalue weighted by molar-refractivity contribution is 0.149. The fourth-order valence-electron chi connectivity index (χ4n) is 1.00. The number of thiazole rings is 1. The Hall–Kier alpha value is -0.810. The summed E-state index contributed by atoms with van der Waals surface area (Å²) in [5.74, 6) is 0.303. The molecule has 1 atom stereocenters. The predicted molar refractivity (Wildman–Crippen MR) is 60.5 cm³/mol. The van der Waals surface area contributed by atoms with Crippen molar-refractivity contribution in [1.29, 1.82) is 0 Å². The van der Waals surface area contributed by atoms with Gasteiger partial charge in [0.25, 0.3) is 0 Å². The van der Waals surface area contributed by atoms with Crippen LogP contribution in [0.2, 0.25) is 0 Å². The fourth-order valence-corrected chi connectivity index (χ4v) is 1.79. The van der Waals surface area contributed by atoms with Crippen molar-refractivity contribution in [3.05, 3.63) is 16.1 Å². The number of carbonyl (C=O) groups is 1. The number of carbonyl (C=O) groups excluding carboxylic acids is 1. The van der Waals surface area contributed by atoms with Crippen LogP contribution in [0.15, 0.2) is 5.38 Å². The molecule has 1 aromatic heterocycles. The monoisotopic (exact) mass is 248 g/mol. The second-order valence-electron chi connectivity index (χ2n) is 2.98. The highest BCUT2D eigenvalue weighted by Crippen LogP contribution is 2.15. The molecule has 1 rings (SSSR count). The molecule has 1 unspecified atom stereocenters. The van der Waals surface area contributed by atoms with Crippen LogP contribution in [0.3, 0.4) is 0 Å². The largest absolute Gasteiger partial charge is 0.448 e. The first-order valence-corrected chi connectivity index (χ1v) is 5.96. The first-order chi connectivity index (χ1) is 7.13. The van der Waals surface area contributed by atoms with Crippen LogP contribution in [0.4, 0.5) is 4.79 Å². The van der Waals surface area contributed by atoms with E-state index >= 15 is 0 Å². The Labute approximate surface area is 97.6 Å². The van der Waals surface area contributed by atoms with Gasteiger partial charge in [-0.25, -0.2) is 9.78 Å². The number of aryl methyl sites for hydroxylation is 1. The quantitative estimate of drug-likeness (QED) is 0.833. The summed E-state index contributed by atoms with van der Waals surface area (Å²) in [7, 11) is 0. The van der Waals surface area contributed by atoms with Crippen molar-refractivity contribution in [1.82, 2.24) is 10.3 Å². The molecular formula is C9H13ClN2O2S. The van der Waals surface area contributed by atoms with E-state index in [1.165, 1.54) is 0 Å². The van der Waals surface area contributed by atoms with Crippen LogP contribution in [0.1, 0.15) is 23.7 Å². The zero-order valence-electron chi connectivity index (χ0n) is 8.62. The van der Waals surface area contributed by atoms with Crippen molar-refractivity contribution in [3.8, 4) is 0 Å². The predicted octanol–water partition coefficient (Wildman–Crippen LogP) is 2.48. The zero-order valence-corrected chi connectivity index (χ0v) is 10.2. The fraction of sp³-hybridized carbons (Fsp3) is 0.556. The molecule has 0 saturated heterocycles. The van der Waals surface area contributed by atoms with Gasteiger partial charge in [-0.1, -0.05) is 0 Å². The van der Waals surface area contributed by atoms with Crippen molar-refractivity contribution in [2.75, 3.05) is 12.5 Å². The van der Waals surface area contributed by atoms with Gasteiger partial charge in [-0.3, -0.25) is 0 Å². The minimum Gasteiger partial charge on any atom is -0.448 e. The highest BCUT2D eigenvalue weighted by Gasteiger charge is 2.12. The van der Waals surface area contributed by atoms with Crippen LogP contribution in [0.25, 0.3) is 0 Å². The molecule has 0 aliphatic heterocycles. The first kappa shape index (κ1) is 12.3. The number of alkyl carbamates (subject to hydrolysis) is 1. The van der Waals surface area contributed by atoms with E-state index in [0.717, 1.165) is 10.7 Å². The number of halogens is 1. The lowest BCUT2D eigenvalue weighted by Gasteiger charge is -2.11. The molecule has 84 valence electrons. The Balaban J connectivity index is 2.41. The molecule has 0 radical (unpaired) electrons. The Morgan fingerprint density at radius 2 is 2.53 bits per heavy atom. The number of alkyl halides is 1. The molecule has 0 aromatic carbocycles. The Bertz CT molecular complexity index is 330. The highest BCUT2D eigenvalue weighted by atomic mass is 35.5. The lowest BCUT2D eigenvalue weighted by Crippen LogP contribution is -2.28. The maximum absolute atomic E-state index is 11.2. The third-order valence-corrected chi connectivity index (χ3v) is 2.67. The summed E-state index contributed by atoms with van der Waals surface area (Å²) in [4.78, 5) is 15.4. The number of nitrogens with one attached hydrogen (secondary N) is 1. The normalized spacial score (nSPS) is 12.2. The lowest BCUT2D eigenvalue weighted by atomic mass is 10.3. The minimum absolute atomic E-state index is 0.141. The number of nitrogens with zero attached hydrogens (tertiary/aromatic N) is 1. The van der Waals surface area contributed by atoms with E-state index < -0.39 is 6.09 Å². The van der Waals surface area contributed by atoms with E-state index in [9.17, 15) is 4.79 Å². The van der Waals surface area contributed by atoms with Gasteiger partial charge < -0.3 is 10.1 Å². The van der Waals surface area contributed by atoms with Gasteiger partial charge in [-0.2, -0.15) is 0 Å². The van der Waals surface area contributed by atoms with E-state index in [1.807, 2.05) is 19.2 Å². The first-order valence-electron chi connectivity index (χ1n) is 4.54. The number of rotatable bonds is 4. The van der Waals surface area contributed by atoms with Crippen LogP contribution in [0, 0.1) is 6.92 Å². The van der Waals surface area contributed by atoms with E-state index in [4.69, 9.17) is 16.3 Å². The Morgan fingerprint density at radius 1 is 1.80 bits per heavy atom. The van der Waals surface area contributed by atoms with Crippen LogP contribution < -0.4 is 5.32 Å². The summed E-state index contributed by atoms with van der Waals surface area (Å²) >= 11 is 6.94. The molecule has 1 amide bonds. The Morgan fingerprint density at radius 3 is 3.07 bits per heavy atom. The standard InChI is InChI=1S/C9H13ClN2O2S/c1-6(8-5-15-7(2)12-8)11-9(13)14-4-3-10/h5-6H,3-4H2,1-2H3,(H,11,13). The van der Waals surface area contributed by atoms with Crippen molar-refractivity contribution in [2.45, 2.75) is 19.9 Å². The van der Waals surface area contributed by atoms with Gasteiger partial charge in [-0.15, -0.1) is 22.9 Å². The molecule has 4 nitrogen and oxygen atoms in total. The maximum atomic E-state index is 11.2. The minimum atomic E-state index is -0.464. The van der Waals surface area contributed by atoms with E-state index in [-0.39, 0.29) is 12.6 Å². The van der Waals surface area contributed by atoms with Crippen molar-refractivity contribution >= 4 is 29.0 Å². The molecule has 0 fully saturated rings. The molecule has 6 heteroatoms. The smallest absolute Gasteiger partial charge is 0.407 e. The third-order valence-electron chi connectivity index (χ3n) is 1.73. The Kier molecular flexibility index (Phi) is 4.84. The second kappa shape index (κ2) is 5.92. The molecule has 0 aliphatic carbocycles. The molecule has 0 bridgehead atoms. The van der Waals surface area contributed by atoms with E-state index in [1.54, 1.807) is 11.3 Å². The van der Waals surface area contributed by atoms with Crippen molar-refractivity contribution in [2.24, 2.45) is 0 Å². The molecule has 0 spiro atoms. The van der Waals surface area contributed by atoms with Gasteiger partial charge in [0, 0.05) is 5.38 Å². The zero-order chi connectivity index (χ0) is 11.3. The summed E-state index contributed by atoms with van der Waals surface area (Å²) in [6.07, 6.45) is -0.464. The van der Waals surface area contributed by atoms with Crippen LogP contribution >= 0.6 is 22.9 Å². The summed E-state index contributed by atoms with van der Waals surface area (Å²) in [6.45, 7) is 4.00. The molecule has 1 heterocycles. The molecule has 1 N–H and O–H groups in total. The summed E-state index contributed by atoms with van der Waals surface area (Å²) in [5.41, 5.74) is 0.848. The van der Waals surface area contributed by atoms with Crippen LogP contribution in [0.5, 0.6) is 0 Å². The average Bonchev–Trinajstić information content (AvgIpc) is 2.61. The van der Waals surface area contributed by atoms with Crippen molar-refractivity contribution in [3.63, 3.8) is 0 Å². The van der Waals surface area contributed by atoms with Gasteiger partial charge in [0.1, 0.15) is 6.61 Å². The van der Waals surface area contributed by atoms with Crippen LogP contribution in [-0.2, 0) is 4.74 Å². The van der Waals surface area contributed by atoms with Gasteiger partial charge in [0.15, 0.2) is 0 Å². The maximum Gasteiger partial charge on any atom is 0.407 e. The van der Waals surface area contributed by atoms with Crippen molar-refractivity contribution < 1.29 is 9.53 Å². The molecule has 0 saturated carbocycles. The summed E-state index contributed by atoms with van der Waals surface area (Å²) in [5, 5.41) is 5.57. The number of hydrogen-bond acceptors (Lipinski definition) is 4. The van der Waals surface area contributed by atoms with E-state index in [0.29, 0.717) is 5.88 Å². The van der Waals surface area contributed by atoms with E-state index in [2.05, 4.69) is 10.3 Å². The summed E-state index contributed by atoms with van der Waals surface area (Å²) in [6, 6.07) is -0.141. The van der Waals surface area contributed by atoms with Gasteiger partial charge >= 0.3 is 6.09 Å². The number of ether oxygens (including phenoxy) is 1. The van der Waals surface area contributed by atoms with Gasteiger partial charge in [-0.05, 0) is 13.8 Å². The molecule has 0 aliphatic rings. The van der Waals surface area contributed by atoms with Crippen LogP contribution in [-0.4, -0.2) is 23.6 Å². The van der Waals surface area contributed by atoms with Gasteiger partial charge in [0.05, 0.1) is 22.6 Å². The molecular weight excluding hydrogens is 236 g/mol. The molecule has 15 heavy (non-hydrogen) atoms.